The van der Waals surface area contributed by atoms with Gasteiger partial charge in [0.25, 0.3) is 0 Å². The highest BCUT2D eigenvalue weighted by Gasteiger charge is 2.14. The average molecular weight is 301 g/mol. The quantitative estimate of drug-likeness (QED) is 0.860. The molecule has 0 radical (unpaired) electrons. The molecule has 0 saturated heterocycles. The standard InChI is InChI=1S/C17H19NO4/c1-21-16-10-6-5-9-14(16)15(19)11-18-17(20)22-12-13-7-3-2-4-8-13/h2-10,15,19H,11-12H2,1H3,(H,18,20)/t15-/m0/s1. The third-order valence-electron chi connectivity index (χ3n) is 3.15. The van der Waals surface area contributed by atoms with E-state index in [9.17, 15) is 9.90 Å². The van der Waals surface area contributed by atoms with Crippen molar-refractivity contribution in [3.05, 3.63) is 65.7 Å². The summed E-state index contributed by atoms with van der Waals surface area (Å²) in [5, 5.41) is 12.7. The number of hydrogen-bond acceptors (Lipinski definition) is 4. The van der Waals surface area contributed by atoms with Crippen LogP contribution in [0.1, 0.15) is 17.2 Å². The van der Waals surface area contributed by atoms with Gasteiger partial charge in [0.05, 0.1) is 19.8 Å². The van der Waals surface area contributed by atoms with Crippen LogP contribution in [-0.4, -0.2) is 24.9 Å². The van der Waals surface area contributed by atoms with Crippen molar-refractivity contribution in [1.29, 1.82) is 0 Å². The molecule has 0 aromatic heterocycles. The highest BCUT2D eigenvalue weighted by molar-refractivity contribution is 5.67. The fraction of sp³-hybridized carbons (Fsp3) is 0.235. The summed E-state index contributed by atoms with van der Waals surface area (Å²) in [5.74, 6) is 0.578. The molecule has 1 atom stereocenters. The van der Waals surface area contributed by atoms with Gasteiger partial charge < -0.3 is 19.9 Å². The maximum atomic E-state index is 11.6. The summed E-state index contributed by atoms with van der Waals surface area (Å²) < 4.78 is 10.3. The minimum atomic E-state index is -0.861. The zero-order valence-electron chi connectivity index (χ0n) is 12.4. The van der Waals surface area contributed by atoms with Crippen molar-refractivity contribution in [3.8, 4) is 5.75 Å². The summed E-state index contributed by atoms with van der Waals surface area (Å²) in [6, 6.07) is 16.5. The van der Waals surface area contributed by atoms with Crippen LogP contribution < -0.4 is 10.1 Å². The molecule has 2 aromatic carbocycles. The Hall–Kier alpha value is -2.53. The van der Waals surface area contributed by atoms with Gasteiger partial charge in [-0.05, 0) is 11.6 Å². The number of hydrogen-bond donors (Lipinski definition) is 2. The lowest BCUT2D eigenvalue weighted by molar-refractivity contribution is 0.125. The van der Waals surface area contributed by atoms with E-state index in [2.05, 4.69) is 5.32 Å². The fourth-order valence-electron chi connectivity index (χ4n) is 2.01. The van der Waals surface area contributed by atoms with E-state index in [1.165, 1.54) is 7.11 Å². The minimum absolute atomic E-state index is 0.0496. The van der Waals surface area contributed by atoms with E-state index in [1.807, 2.05) is 36.4 Å². The maximum absolute atomic E-state index is 11.6. The summed E-state index contributed by atoms with van der Waals surface area (Å²) in [7, 11) is 1.53. The van der Waals surface area contributed by atoms with Gasteiger partial charge in [0, 0.05) is 5.56 Å². The normalized spacial score (nSPS) is 11.5. The molecule has 1 amide bonds. The second-order valence-corrected chi connectivity index (χ2v) is 4.70. The molecular weight excluding hydrogens is 282 g/mol. The number of rotatable bonds is 6. The van der Waals surface area contributed by atoms with Crippen LogP contribution in [0.5, 0.6) is 5.75 Å². The summed E-state index contributed by atoms with van der Waals surface area (Å²) in [6.45, 7) is 0.241. The number of methoxy groups -OCH3 is 1. The Kier molecular flexibility index (Phi) is 5.80. The van der Waals surface area contributed by atoms with Gasteiger partial charge in [-0.3, -0.25) is 0 Å². The molecule has 5 nitrogen and oxygen atoms in total. The fourth-order valence-corrected chi connectivity index (χ4v) is 2.01. The number of amides is 1. The van der Waals surface area contributed by atoms with Crippen LogP contribution in [-0.2, 0) is 11.3 Å². The van der Waals surface area contributed by atoms with Crippen LogP contribution in [0.3, 0.4) is 0 Å². The van der Waals surface area contributed by atoms with Crippen molar-refractivity contribution < 1.29 is 19.4 Å². The summed E-state index contributed by atoms with van der Waals surface area (Å²) >= 11 is 0. The van der Waals surface area contributed by atoms with Crippen molar-refractivity contribution in [2.24, 2.45) is 0 Å². The lowest BCUT2D eigenvalue weighted by Crippen LogP contribution is -2.29. The number of aliphatic hydroxyl groups excluding tert-OH is 1. The van der Waals surface area contributed by atoms with Crippen LogP contribution in [0.2, 0.25) is 0 Å². The van der Waals surface area contributed by atoms with Crippen molar-refractivity contribution in [2.75, 3.05) is 13.7 Å². The van der Waals surface area contributed by atoms with E-state index in [1.54, 1.807) is 18.2 Å². The van der Waals surface area contributed by atoms with Crippen molar-refractivity contribution in [1.82, 2.24) is 5.32 Å². The monoisotopic (exact) mass is 301 g/mol. The number of aliphatic hydroxyl groups is 1. The molecule has 0 aliphatic carbocycles. The lowest BCUT2D eigenvalue weighted by atomic mass is 10.1. The minimum Gasteiger partial charge on any atom is -0.496 e. The van der Waals surface area contributed by atoms with Gasteiger partial charge in [-0.2, -0.15) is 0 Å². The van der Waals surface area contributed by atoms with Gasteiger partial charge in [-0.15, -0.1) is 0 Å². The molecule has 2 N–H and O–H groups in total. The molecule has 0 saturated carbocycles. The summed E-state index contributed by atoms with van der Waals surface area (Å²) in [5.41, 5.74) is 1.52. The van der Waals surface area contributed by atoms with Gasteiger partial charge in [-0.25, -0.2) is 4.79 Å². The van der Waals surface area contributed by atoms with Crippen molar-refractivity contribution in [3.63, 3.8) is 0 Å². The molecule has 0 aliphatic rings. The molecule has 0 bridgehead atoms. The van der Waals surface area contributed by atoms with E-state index < -0.39 is 12.2 Å². The molecule has 2 aromatic rings. The Morgan fingerprint density at radius 1 is 1.14 bits per heavy atom. The molecule has 0 spiro atoms. The SMILES string of the molecule is COc1ccccc1[C@@H](O)CNC(=O)OCc1ccccc1. The van der Waals surface area contributed by atoms with Crippen LogP contribution in [0, 0.1) is 0 Å². The lowest BCUT2D eigenvalue weighted by Gasteiger charge is -2.15. The zero-order chi connectivity index (χ0) is 15.8. The van der Waals surface area contributed by atoms with Gasteiger partial charge in [0.15, 0.2) is 0 Å². The molecule has 0 aliphatic heterocycles. The Labute approximate surface area is 129 Å². The first-order valence-corrected chi connectivity index (χ1v) is 6.96. The second kappa shape index (κ2) is 8.05. The Balaban J connectivity index is 1.80. The van der Waals surface area contributed by atoms with Crippen molar-refractivity contribution >= 4 is 6.09 Å². The van der Waals surface area contributed by atoms with Crippen LogP contribution in [0.25, 0.3) is 0 Å². The topological polar surface area (TPSA) is 67.8 Å². The van der Waals surface area contributed by atoms with Crippen LogP contribution in [0.4, 0.5) is 4.79 Å². The Bertz CT molecular complexity index is 601. The van der Waals surface area contributed by atoms with Gasteiger partial charge in [-0.1, -0.05) is 48.5 Å². The molecular formula is C17H19NO4. The highest BCUT2D eigenvalue weighted by Crippen LogP contribution is 2.23. The van der Waals surface area contributed by atoms with Crippen LogP contribution in [0.15, 0.2) is 54.6 Å². The number of carbonyl (C=O) groups is 1. The number of ether oxygens (including phenoxy) is 2. The number of para-hydroxylation sites is 1. The Morgan fingerprint density at radius 2 is 1.82 bits per heavy atom. The van der Waals surface area contributed by atoms with Gasteiger partial charge in [0.2, 0.25) is 0 Å². The second-order valence-electron chi connectivity index (χ2n) is 4.70. The van der Waals surface area contributed by atoms with E-state index in [4.69, 9.17) is 9.47 Å². The van der Waals surface area contributed by atoms with Crippen LogP contribution >= 0.6 is 0 Å². The number of benzene rings is 2. The predicted octanol–water partition coefficient (Wildman–Crippen LogP) is 2.66. The largest absolute Gasteiger partial charge is 0.496 e. The van der Waals surface area contributed by atoms with Gasteiger partial charge in [0.1, 0.15) is 12.4 Å². The summed E-state index contributed by atoms with van der Waals surface area (Å²) in [6.07, 6.45) is -1.43. The number of nitrogens with one attached hydrogen (secondary N) is 1. The predicted molar refractivity (Wildman–Crippen MR) is 82.6 cm³/mol. The number of alkyl carbamates (subject to hydrolysis) is 1. The maximum Gasteiger partial charge on any atom is 0.407 e. The third-order valence-corrected chi connectivity index (χ3v) is 3.15. The molecule has 5 heteroatoms. The first kappa shape index (κ1) is 15.9. The van der Waals surface area contributed by atoms with E-state index in [0.29, 0.717) is 11.3 Å². The molecule has 0 heterocycles. The van der Waals surface area contributed by atoms with E-state index >= 15 is 0 Å². The number of carbonyl (C=O) groups excluding carboxylic acids is 1. The highest BCUT2D eigenvalue weighted by atomic mass is 16.5. The molecule has 116 valence electrons. The van der Waals surface area contributed by atoms with E-state index in [-0.39, 0.29) is 13.2 Å². The smallest absolute Gasteiger partial charge is 0.407 e. The first-order valence-electron chi connectivity index (χ1n) is 6.96. The van der Waals surface area contributed by atoms with Crippen molar-refractivity contribution in [2.45, 2.75) is 12.7 Å². The molecule has 22 heavy (non-hydrogen) atoms. The zero-order valence-corrected chi connectivity index (χ0v) is 12.4. The van der Waals surface area contributed by atoms with Gasteiger partial charge >= 0.3 is 6.09 Å². The molecule has 2 rings (SSSR count). The first-order chi connectivity index (χ1) is 10.7. The Morgan fingerprint density at radius 3 is 2.55 bits per heavy atom. The van der Waals surface area contributed by atoms with E-state index in [0.717, 1.165) is 5.56 Å². The third kappa shape index (κ3) is 4.49. The molecule has 0 fully saturated rings. The average Bonchev–Trinajstić information content (AvgIpc) is 2.58. The molecule has 0 unspecified atom stereocenters. The summed E-state index contributed by atoms with van der Waals surface area (Å²) in [4.78, 5) is 11.6.